The summed E-state index contributed by atoms with van der Waals surface area (Å²) in [5.74, 6) is 0. The number of rotatable bonds is 1. The summed E-state index contributed by atoms with van der Waals surface area (Å²) in [7, 11) is 0. The lowest BCUT2D eigenvalue weighted by Gasteiger charge is -2.34. The molecule has 26 heavy (non-hydrogen) atoms. The molecule has 0 amide bonds. The van der Waals surface area contributed by atoms with Gasteiger partial charge in [0, 0.05) is 28.7 Å². The molecule has 0 unspecified atom stereocenters. The SMILES string of the molecule is CC1=CC(C)=[N+]2C1=C(c1ccc(Br)cc1C)c1c(C)cc(C)n1[B-]2(F)F. The van der Waals surface area contributed by atoms with E-state index >= 15 is 8.63 Å². The maximum Gasteiger partial charge on any atom is 0.737 e. The van der Waals surface area contributed by atoms with Gasteiger partial charge in [0.05, 0.1) is 5.57 Å². The van der Waals surface area contributed by atoms with Crippen LogP contribution in [0.2, 0.25) is 0 Å². The molecule has 0 bridgehead atoms. The normalized spacial score (nSPS) is 18.2. The maximum atomic E-state index is 15.6. The number of allylic oxidation sites excluding steroid dienone is 2. The summed E-state index contributed by atoms with van der Waals surface area (Å²) < 4.78 is 34.6. The van der Waals surface area contributed by atoms with Gasteiger partial charge in [-0.05, 0) is 68.3 Å². The maximum absolute atomic E-state index is 15.6. The number of nitrogens with zero attached hydrogens (tertiary/aromatic N) is 2. The largest absolute Gasteiger partial charge is 0.737 e. The molecule has 0 fully saturated rings. The van der Waals surface area contributed by atoms with Gasteiger partial charge in [-0.2, -0.15) is 0 Å². The van der Waals surface area contributed by atoms with E-state index in [1.54, 1.807) is 13.8 Å². The van der Waals surface area contributed by atoms with Gasteiger partial charge in [0.15, 0.2) is 5.70 Å². The number of hydrogen-bond donors (Lipinski definition) is 0. The molecule has 0 aliphatic carbocycles. The standard InChI is InChI=1S/C20H20BBrF2N2/c1-11-10-16(22)6-7-17(11)18-19-12(2)8-14(4)25(19)21(23,24)26-15(5)9-13(3)20(18)26/h6-10H,1-5H3. The molecule has 6 heteroatoms. The molecule has 1 aromatic carbocycles. The number of fused-ring (bicyclic) bond motifs is 2. The quantitative estimate of drug-likeness (QED) is 0.534. The van der Waals surface area contributed by atoms with Crippen molar-refractivity contribution in [2.75, 3.05) is 0 Å². The van der Waals surface area contributed by atoms with Crippen molar-refractivity contribution in [2.45, 2.75) is 34.6 Å². The van der Waals surface area contributed by atoms with Crippen LogP contribution in [0.25, 0.3) is 5.57 Å². The molecular weight excluding hydrogens is 397 g/mol. The molecule has 4 rings (SSSR count). The fourth-order valence-electron chi connectivity index (χ4n) is 4.46. The van der Waals surface area contributed by atoms with Crippen LogP contribution in [0.3, 0.4) is 0 Å². The first-order chi connectivity index (χ1) is 12.1. The van der Waals surface area contributed by atoms with Crippen molar-refractivity contribution < 1.29 is 13.1 Å². The first-order valence-corrected chi connectivity index (χ1v) is 9.47. The van der Waals surface area contributed by atoms with E-state index in [-0.39, 0.29) is 0 Å². The topological polar surface area (TPSA) is 7.94 Å². The number of aromatic nitrogens is 1. The van der Waals surface area contributed by atoms with Crippen molar-refractivity contribution >= 4 is 34.2 Å². The Kier molecular flexibility index (Phi) is 3.71. The molecule has 1 aromatic heterocycles. The minimum atomic E-state index is -3.92. The van der Waals surface area contributed by atoms with Gasteiger partial charge in [-0.3, -0.25) is 0 Å². The molecule has 0 saturated carbocycles. The van der Waals surface area contributed by atoms with Gasteiger partial charge in [0.25, 0.3) is 0 Å². The van der Waals surface area contributed by atoms with E-state index in [1.807, 2.05) is 51.1 Å². The van der Waals surface area contributed by atoms with E-state index in [2.05, 4.69) is 15.9 Å². The molecular formula is C20H20BBrF2N2. The van der Waals surface area contributed by atoms with E-state index in [1.165, 1.54) is 8.96 Å². The summed E-state index contributed by atoms with van der Waals surface area (Å²) in [5.41, 5.74) is 7.14. The van der Waals surface area contributed by atoms with Crippen LogP contribution >= 0.6 is 15.9 Å². The molecule has 0 atom stereocenters. The molecule has 2 aliphatic rings. The average molecular weight is 417 g/mol. The second-order valence-corrected chi connectivity index (χ2v) is 8.21. The number of halogens is 3. The summed E-state index contributed by atoms with van der Waals surface area (Å²) in [4.78, 5) is 0. The highest BCUT2D eigenvalue weighted by molar-refractivity contribution is 9.10. The summed E-state index contributed by atoms with van der Waals surface area (Å²) in [6.45, 7) is 5.46. The van der Waals surface area contributed by atoms with E-state index in [0.717, 1.165) is 32.3 Å². The minimum absolute atomic E-state index is 0.589. The second kappa shape index (κ2) is 5.52. The smallest absolute Gasteiger partial charge is 0.393 e. The Bertz CT molecular complexity index is 1070. The Morgan fingerprint density at radius 1 is 1.00 bits per heavy atom. The lowest BCUT2D eigenvalue weighted by molar-refractivity contribution is -0.363. The highest BCUT2D eigenvalue weighted by Gasteiger charge is 2.55. The highest BCUT2D eigenvalue weighted by Crippen LogP contribution is 2.44. The van der Waals surface area contributed by atoms with E-state index in [9.17, 15) is 0 Å². The van der Waals surface area contributed by atoms with Gasteiger partial charge in [-0.1, -0.05) is 22.0 Å². The van der Waals surface area contributed by atoms with Gasteiger partial charge < -0.3 is 17.6 Å². The first kappa shape index (κ1) is 17.5. The van der Waals surface area contributed by atoms with Crippen LogP contribution in [0.5, 0.6) is 0 Å². The van der Waals surface area contributed by atoms with Crippen molar-refractivity contribution in [3.8, 4) is 0 Å². The fourth-order valence-corrected chi connectivity index (χ4v) is 4.94. The van der Waals surface area contributed by atoms with Crippen LogP contribution in [0, 0.1) is 20.8 Å². The number of hydrogen-bond acceptors (Lipinski definition) is 0. The Labute approximate surface area is 160 Å². The monoisotopic (exact) mass is 416 g/mol. The van der Waals surface area contributed by atoms with Gasteiger partial charge >= 0.3 is 6.97 Å². The van der Waals surface area contributed by atoms with Crippen LogP contribution < -0.4 is 0 Å². The van der Waals surface area contributed by atoms with Gasteiger partial charge in [0.1, 0.15) is 5.71 Å². The lowest BCUT2D eigenvalue weighted by atomic mass is 9.83. The van der Waals surface area contributed by atoms with Gasteiger partial charge in [-0.25, -0.2) is 0 Å². The predicted molar refractivity (Wildman–Crippen MR) is 107 cm³/mol. The molecule has 0 saturated heterocycles. The average Bonchev–Trinajstić information content (AvgIpc) is 2.99. The zero-order valence-electron chi connectivity index (χ0n) is 15.5. The summed E-state index contributed by atoms with van der Waals surface area (Å²) in [6, 6.07) is 7.88. The third-order valence-corrected chi connectivity index (χ3v) is 5.89. The first-order valence-electron chi connectivity index (χ1n) is 8.68. The van der Waals surface area contributed by atoms with E-state index in [4.69, 9.17) is 0 Å². The molecule has 2 aliphatic heterocycles. The Hall–Kier alpha value is -1.95. The Morgan fingerprint density at radius 3 is 2.35 bits per heavy atom. The number of benzene rings is 1. The molecule has 0 spiro atoms. The summed E-state index contributed by atoms with van der Waals surface area (Å²) in [6.07, 6.45) is 1.86. The predicted octanol–water partition coefficient (Wildman–Crippen LogP) is 5.60. The van der Waals surface area contributed by atoms with Crippen LogP contribution in [0.1, 0.15) is 41.9 Å². The Morgan fingerprint density at radius 2 is 1.69 bits per heavy atom. The van der Waals surface area contributed by atoms with Crippen molar-refractivity contribution in [1.29, 1.82) is 0 Å². The van der Waals surface area contributed by atoms with E-state index in [0.29, 0.717) is 22.8 Å². The molecule has 0 N–H and O–H groups in total. The molecule has 2 aromatic rings. The fraction of sp³-hybridized carbons (Fsp3) is 0.250. The third kappa shape index (κ3) is 2.17. The lowest BCUT2D eigenvalue weighted by Crippen LogP contribution is -2.51. The van der Waals surface area contributed by atoms with E-state index < -0.39 is 6.97 Å². The minimum Gasteiger partial charge on any atom is -0.393 e. The Balaban J connectivity index is 2.20. The van der Waals surface area contributed by atoms with Crippen LogP contribution in [0.15, 0.2) is 46.1 Å². The van der Waals surface area contributed by atoms with Crippen molar-refractivity contribution in [3.63, 3.8) is 0 Å². The summed E-state index contributed by atoms with van der Waals surface area (Å²) >= 11 is 3.50. The zero-order valence-corrected chi connectivity index (χ0v) is 17.1. The van der Waals surface area contributed by atoms with Gasteiger partial charge in [-0.15, -0.1) is 0 Å². The van der Waals surface area contributed by atoms with Crippen LogP contribution in [0.4, 0.5) is 8.63 Å². The second-order valence-electron chi connectivity index (χ2n) is 7.30. The van der Waals surface area contributed by atoms with Crippen molar-refractivity contribution in [1.82, 2.24) is 4.48 Å². The third-order valence-electron chi connectivity index (χ3n) is 5.39. The highest BCUT2D eigenvalue weighted by atomic mass is 79.9. The molecule has 3 heterocycles. The van der Waals surface area contributed by atoms with Crippen LogP contribution in [-0.2, 0) is 0 Å². The molecule has 2 nitrogen and oxygen atoms in total. The van der Waals surface area contributed by atoms with Crippen molar-refractivity contribution in [2.24, 2.45) is 0 Å². The van der Waals surface area contributed by atoms with Crippen molar-refractivity contribution in [3.05, 3.63) is 74.2 Å². The number of aryl methyl sites for hydroxylation is 3. The summed E-state index contributed by atoms with van der Waals surface area (Å²) in [5, 5.41) is 0. The van der Waals surface area contributed by atoms with Gasteiger partial charge in [0.2, 0.25) is 0 Å². The zero-order chi connectivity index (χ0) is 19.0. The van der Waals surface area contributed by atoms with Crippen LogP contribution in [-0.4, -0.2) is 21.6 Å². The molecule has 134 valence electrons. The molecule has 0 radical (unpaired) electrons.